The van der Waals surface area contributed by atoms with E-state index in [0.29, 0.717) is 11.2 Å². The fraction of sp³-hybridized carbons (Fsp3) is 0.167. The first-order valence-electron chi connectivity index (χ1n) is 7.63. The van der Waals surface area contributed by atoms with E-state index < -0.39 is 0 Å². The van der Waals surface area contributed by atoms with Crippen LogP contribution in [0.15, 0.2) is 53.7 Å². The van der Waals surface area contributed by atoms with E-state index >= 15 is 0 Å². The molecular formula is C18H16N4OS. The van der Waals surface area contributed by atoms with Crippen LogP contribution in [-0.2, 0) is 6.54 Å². The van der Waals surface area contributed by atoms with Crippen LogP contribution in [0.5, 0.6) is 0 Å². The third kappa shape index (κ3) is 2.35. The molecule has 5 nitrogen and oxygen atoms in total. The number of hydrogen-bond donors (Lipinski definition) is 0. The minimum atomic E-state index is -0.00485. The summed E-state index contributed by atoms with van der Waals surface area (Å²) in [6.07, 6.45) is 3.41. The Morgan fingerprint density at radius 1 is 1.12 bits per heavy atom. The molecule has 3 aromatic heterocycles. The second kappa shape index (κ2) is 5.72. The van der Waals surface area contributed by atoms with Gasteiger partial charge in [0, 0.05) is 25.0 Å². The molecular weight excluding hydrogens is 320 g/mol. The predicted octanol–water partition coefficient (Wildman–Crippen LogP) is 3.12. The van der Waals surface area contributed by atoms with Gasteiger partial charge in [-0.25, -0.2) is 9.97 Å². The number of fused-ring (bicyclic) bond motifs is 3. The van der Waals surface area contributed by atoms with Crippen LogP contribution in [0.1, 0.15) is 5.56 Å². The summed E-state index contributed by atoms with van der Waals surface area (Å²) in [6.45, 7) is 0.523. The Morgan fingerprint density at radius 3 is 2.67 bits per heavy atom. The van der Waals surface area contributed by atoms with Crippen molar-refractivity contribution in [2.75, 3.05) is 19.0 Å². The quantitative estimate of drug-likeness (QED) is 0.577. The standard InChI is InChI=1S/C18H16N4OS/c1-21(2)17-14-13(8-9-19-17)24-16-15(14)20-11-22(18(16)23)10-12-6-4-3-5-7-12/h3-9,11H,10H2,1-2H3. The fourth-order valence-electron chi connectivity index (χ4n) is 2.82. The molecule has 0 unspecified atom stereocenters. The van der Waals surface area contributed by atoms with E-state index in [0.717, 1.165) is 27.0 Å². The average Bonchev–Trinajstić information content (AvgIpc) is 2.98. The summed E-state index contributed by atoms with van der Waals surface area (Å²) < 4.78 is 3.38. The number of nitrogens with zero attached hydrogens (tertiary/aromatic N) is 4. The molecule has 0 aliphatic rings. The Bertz CT molecular complexity index is 1080. The Morgan fingerprint density at radius 2 is 1.92 bits per heavy atom. The van der Waals surface area contributed by atoms with Gasteiger partial charge in [0.2, 0.25) is 0 Å². The van der Waals surface area contributed by atoms with Crippen LogP contribution in [0.2, 0.25) is 0 Å². The van der Waals surface area contributed by atoms with Gasteiger partial charge in [-0.3, -0.25) is 9.36 Å². The Labute approximate surface area is 142 Å². The molecule has 0 aliphatic carbocycles. The topological polar surface area (TPSA) is 51.0 Å². The number of rotatable bonds is 3. The molecule has 0 amide bonds. The highest BCUT2D eigenvalue weighted by atomic mass is 32.1. The Kier molecular flexibility index (Phi) is 3.54. The average molecular weight is 336 g/mol. The number of pyridine rings is 1. The van der Waals surface area contributed by atoms with E-state index in [4.69, 9.17) is 0 Å². The maximum absolute atomic E-state index is 12.9. The predicted molar refractivity (Wildman–Crippen MR) is 99.1 cm³/mol. The van der Waals surface area contributed by atoms with Gasteiger partial charge in [0.15, 0.2) is 0 Å². The summed E-state index contributed by atoms with van der Waals surface area (Å²) in [6, 6.07) is 11.9. The summed E-state index contributed by atoms with van der Waals surface area (Å²) in [7, 11) is 3.89. The number of aromatic nitrogens is 3. The van der Waals surface area contributed by atoms with Gasteiger partial charge in [-0.2, -0.15) is 0 Å². The molecule has 0 radical (unpaired) electrons. The first kappa shape index (κ1) is 14.8. The molecule has 0 spiro atoms. The first-order chi connectivity index (χ1) is 11.6. The fourth-order valence-corrected chi connectivity index (χ4v) is 3.92. The van der Waals surface area contributed by atoms with Gasteiger partial charge in [-0.15, -0.1) is 11.3 Å². The van der Waals surface area contributed by atoms with E-state index in [9.17, 15) is 4.79 Å². The molecule has 0 atom stereocenters. The third-order valence-electron chi connectivity index (χ3n) is 3.96. The Hall–Kier alpha value is -2.73. The van der Waals surface area contributed by atoms with Gasteiger partial charge in [-0.1, -0.05) is 30.3 Å². The van der Waals surface area contributed by atoms with Crippen molar-refractivity contribution in [3.63, 3.8) is 0 Å². The first-order valence-corrected chi connectivity index (χ1v) is 8.44. The van der Waals surface area contributed by atoms with Crippen LogP contribution >= 0.6 is 11.3 Å². The van der Waals surface area contributed by atoms with Gasteiger partial charge >= 0.3 is 0 Å². The van der Waals surface area contributed by atoms with Crippen molar-refractivity contribution in [2.24, 2.45) is 0 Å². The second-order valence-electron chi connectivity index (χ2n) is 5.85. The molecule has 4 rings (SSSR count). The molecule has 0 aliphatic heterocycles. The molecule has 120 valence electrons. The SMILES string of the molecule is CN(C)c1nccc2sc3c(=O)n(Cc4ccccc4)cnc3c12. The summed E-state index contributed by atoms with van der Waals surface area (Å²) in [5.41, 5.74) is 1.81. The van der Waals surface area contributed by atoms with Crippen molar-refractivity contribution in [3.8, 4) is 0 Å². The molecule has 0 N–H and O–H groups in total. The van der Waals surface area contributed by atoms with Crippen LogP contribution in [0.25, 0.3) is 20.3 Å². The molecule has 4 aromatic rings. The highest BCUT2D eigenvalue weighted by Gasteiger charge is 2.16. The lowest BCUT2D eigenvalue weighted by atomic mass is 10.2. The highest BCUT2D eigenvalue weighted by molar-refractivity contribution is 7.25. The monoisotopic (exact) mass is 336 g/mol. The number of benzene rings is 1. The van der Waals surface area contributed by atoms with Crippen LogP contribution < -0.4 is 10.5 Å². The molecule has 6 heteroatoms. The molecule has 1 aromatic carbocycles. The third-order valence-corrected chi connectivity index (χ3v) is 5.09. The van der Waals surface area contributed by atoms with E-state index in [1.165, 1.54) is 11.3 Å². The smallest absolute Gasteiger partial charge is 0.271 e. The van der Waals surface area contributed by atoms with Gasteiger partial charge in [0.25, 0.3) is 5.56 Å². The van der Waals surface area contributed by atoms with Crippen molar-refractivity contribution in [3.05, 3.63) is 64.8 Å². The van der Waals surface area contributed by atoms with E-state index in [1.54, 1.807) is 17.1 Å². The maximum Gasteiger partial charge on any atom is 0.271 e. The lowest BCUT2D eigenvalue weighted by Gasteiger charge is -2.12. The number of hydrogen-bond acceptors (Lipinski definition) is 5. The number of thiophene rings is 1. The van der Waals surface area contributed by atoms with Gasteiger partial charge in [0.05, 0.1) is 23.8 Å². The summed E-state index contributed by atoms with van der Waals surface area (Å²) >= 11 is 1.48. The lowest BCUT2D eigenvalue weighted by Crippen LogP contribution is -2.20. The second-order valence-corrected chi connectivity index (χ2v) is 6.90. The zero-order valence-electron chi connectivity index (χ0n) is 13.4. The van der Waals surface area contributed by atoms with E-state index in [2.05, 4.69) is 9.97 Å². The summed E-state index contributed by atoms with van der Waals surface area (Å²) in [5, 5.41) is 0.950. The van der Waals surface area contributed by atoms with Crippen molar-refractivity contribution in [1.29, 1.82) is 0 Å². The molecule has 0 saturated heterocycles. The minimum Gasteiger partial charge on any atom is -0.362 e. The van der Waals surface area contributed by atoms with E-state index in [1.807, 2.05) is 55.4 Å². The Balaban J connectivity index is 1.93. The molecule has 0 bridgehead atoms. The molecule has 0 saturated carbocycles. The zero-order valence-corrected chi connectivity index (χ0v) is 14.2. The van der Waals surface area contributed by atoms with Gasteiger partial charge < -0.3 is 4.90 Å². The normalized spacial score (nSPS) is 11.2. The van der Waals surface area contributed by atoms with Crippen LogP contribution in [-0.4, -0.2) is 28.6 Å². The van der Waals surface area contributed by atoms with Crippen molar-refractivity contribution in [2.45, 2.75) is 6.54 Å². The van der Waals surface area contributed by atoms with Crippen molar-refractivity contribution in [1.82, 2.24) is 14.5 Å². The largest absolute Gasteiger partial charge is 0.362 e. The highest BCUT2D eigenvalue weighted by Crippen LogP contribution is 2.35. The molecule has 24 heavy (non-hydrogen) atoms. The van der Waals surface area contributed by atoms with Crippen LogP contribution in [0.4, 0.5) is 5.82 Å². The lowest BCUT2D eigenvalue weighted by molar-refractivity contribution is 0.750. The maximum atomic E-state index is 12.9. The minimum absolute atomic E-state index is 0.00485. The van der Waals surface area contributed by atoms with Crippen molar-refractivity contribution < 1.29 is 0 Å². The van der Waals surface area contributed by atoms with Crippen LogP contribution in [0, 0.1) is 0 Å². The van der Waals surface area contributed by atoms with Crippen LogP contribution in [0.3, 0.4) is 0 Å². The van der Waals surface area contributed by atoms with Gasteiger partial charge in [0.1, 0.15) is 10.5 Å². The van der Waals surface area contributed by atoms with Crippen molar-refractivity contribution >= 4 is 37.5 Å². The van der Waals surface area contributed by atoms with E-state index in [-0.39, 0.29) is 5.56 Å². The zero-order chi connectivity index (χ0) is 16.7. The molecule has 3 heterocycles. The van der Waals surface area contributed by atoms with Gasteiger partial charge in [-0.05, 0) is 11.6 Å². The summed E-state index contributed by atoms with van der Waals surface area (Å²) in [5.74, 6) is 0.839. The molecule has 0 fully saturated rings. The summed E-state index contributed by atoms with van der Waals surface area (Å²) in [4.78, 5) is 23.8. The number of anilines is 1.